The third-order valence-electron chi connectivity index (χ3n) is 4.26. The second-order valence-electron chi connectivity index (χ2n) is 5.85. The highest BCUT2D eigenvalue weighted by molar-refractivity contribution is 9.10. The van der Waals surface area contributed by atoms with E-state index < -0.39 is 0 Å². The van der Waals surface area contributed by atoms with Gasteiger partial charge in [0.2, 0.25) is 0 Å². The molecule has 0 bridgehead atoms. The second-order valence-corrected chi connectivity index (χ2v) is 6.76. The lowest BCUT2D eigenvalue weighted by Crippen LogP contribution is -2.51. The summed E-state index contributed by atoms with van der Waals surface area (Å²) >= 11 is 3.38. The lowest BCUT2D eigenvalue weighted by molar-refractivity contribution is -0.123. The summed E-state index contributed by atoms with van der Waals surface area (Å²) in [6, 6.07) is 7.51. The van der Waals surface area contributed by atoms with Crippen molar-refractivity contribution in [1.29, 1.82) is 0 Å². The van der Waals surface area contributed by atoms with Crippen LogP contribution in [0.5, 0.6) is 5.75 Å². The molecule has 1 aliphatic carbocycles. The van der Waals surface area contributed by atoms with Gasteiger partial charge < -0.3 is 15.0 Å². The molecule has 1 aromatic carbocycles. The highest BCUT2D eigenvalue weighted by atomic mass is 79.9. The number of hydrogen-bond donors (Lipinski definition) is 1. The van der Waals surface area contributed by atoms with E-state index in [-0.39, 0.29) is 18.1 Å². The molecule has 1 amide bonds. The van der Waals surface area contributed by atoms with Crippen LogP contribution in [0.4, 0.5) is 0 Å². The van der Waals surface area contributed by atoms with Gasteiger partial charge >= 0.3 is 0 Å². The second kappa shape index (κ2) is 7.27. The van der Waals surface area contributed by atoms with E-state index in [1.807, 2.05) is 24.3 Å². The molecule has 1 aliphatic rings. The predicted octanol–water partition coefficient (Wildman–Crippen LogP) is 2.82. The zero-order valence-electron chi connectivity index (χ0n) is 12.7. The third-order valence-corrected chi connectivity index (χ3v) is 4.76. The fourth-order valence-corrected chi connectivity index (χ4v) is 3.21. The fraction of sp³-hybridized carbons (Fsp3) is 0.562. The number of benzene rings is 1. The maximum absolute atomic E-state index is 12.0. The molecule has 5 heteroatoms. The van der Waals surface area contributed by atoms with Crippen molar-refractivity contribution in [3.05, 3.63) is 28.7 Å². The van der Waals surface area contributed by atoms with Gasteiger partial charge in [0.25, 0.3) is 5.91 Å². The molecular formula is C16H23BrN2O2. The first-order chi connectivity index (χ1) is 10.0. The van der Waals surface area contributed by atoms with E-state index in [1.165, 1.54) is 12.8 Å². The summed E-state index contributed by atoms with van der Waals surface area (Å²) in [7, 11) is 4.19. The quantitative estimate of drug-likeness (QED) is 0.853. The number of halogens is 1. The van der Waals surface area contributed by atoms with Gasteiger partial charge in [-0.1, -0.05) is 34.8 Å². The molecule has 116 valence electrons. The Balaban J connectivity index is 1.79. The fourth-order valence-electron chi connectivity index (χ4n) is 2.84. The van der Waals surface area contributed by atoms with E-state index in [2.05, 4.69) is 40.2 Å². The van der Waals surface area contributed by atoms with Crippen LogP contribution in [0.15, 0.2) is 28.7 Å². The van der Waals surface area contributed by atoms with Crippen LogP contribution >= 0.6 is 15.9 Å². The van der Waals surface area contributed by atoms with E-state index in [4.69, 9.17) is 4.74 Å². The number of nitrogens with one attached hydrogen (secondary N) is 1. The van der Waals surface area contributed by atoms with Crippen molar-refractivity contribution in [2.75, 3.05) is 27.2 Å². The predicted molar refractivity (Wildman–Crippen MR) is 87.5 cm³/mol. The number of nitrogens with zero attached hydrogens (tertiary/aromatic N) is 1. The molecule has 0 heterocycles. The standard InChI is InChI=1S/C16H23BrN2O2/c1-19(2)16(8-3-4-9-16)12-18-15(20)11-21-14-7-5-6-13(17)10-14/h5-7,10H,3-4,8-9,11-12H2,1-2H3,(H,18,20). The van der Waals surface area contributed by atoms with Crippen molar-refractivity contribution in [3.8, 4) is 5.75 Å². The number of carbonyl (C=O) groups is 1. The lowest BCUT2D eigenvalue weighted by atomic mass is 9.96. The normalized spacial score (nSPS) is 17.0. The van der Waals surface area contributed by atoms with Crippen LogP contribution in [0.2, 0.25) is 0 Å². The number of likely N-dealkylation sites (N-methyl/N-ethyl adjacent to an activating group) is 1. The number of ether oxygens (including phenoxy) is 1. The molecule has 1 aromatic rings. The average Bonchev–Trinajstić information content (AvgIpc) is 2.93. The minimum Gasteiger partial charge on any atom is -0.484 e. The van der Waals surface area contributed by atoms with Gasteiger partial charge in [0, 0.05) is 16.6 Å². The van der Waals surface area contributed by atoms with E-state index in [1.54, 1.807) is 0 Å². The highest BCUT2D eigenvalue weighted by Gasteiger charge is 2.36. The molecule has 0 atom stereocenters. The van der Waals surface area contributed by atoms with Gasteiger partial charge in [-0.2, -0.15) is 0 Å². The van der Waals surface area contributed by atoms with Gasteiger partial charge in [-0.05, 0) is 45.1 Å². The number of hydrogen-bond acceptors (Lipinski definition) is 3. The summed E-state index contributed by atoms with van der Waals surface area (Å²) in [6.07, 6.45) is 4.77. The number of amides is 1. The molecule has 1 N–H and O–H groups in total. The number of rotatable bonds is 6. The van der Waals surface area contributed by atoms with Crippen molar-refractivity contribution in [2.24, 2.45) is 0 Å². The summed E-state index contributed by atoms with van der Waals surface area (Å²) in [5, 5.41) is 3.01. The minimum absolute atomic E-state index is 0.0555. The summed E-state index contributed by atoms with van der Waals surface area (Å²) in [4.78, 5) is 14.2. The summed E-state index contributed by atoms with van der Waals surface area (Å²) in [5.41, 5.74) is 0.117. The maximum atomic E-state index is 12.0. The van der Waals surface area contributed by atoms with Crippen molar-refractivity contribution >= 4 is 21.8 Å². The van der Waals surface area contributed by atoms with E-state index >= 15 is 0 Å². The minimum atomic E-state index is -0.0666. The SMILES string of the molecule is CN(C)C1(CNC(=O)COc2cccc(Br)c2)CCCC1. The van der Waals surface area contributed by atoms with Gasteiger partial charge in [0.05, 0.1) is 0 Å². The Morgan fingerprint density at radius 1 is 1.38 bits per heavy atom. The lowest BCUT2D eigenvalue weighted by Gasteiger charge is -2.36. The van der Waals surface area contributed by atoms with Crippen LogP contribution in [0.3, 0.4) is 0 Å². The van der Waals surface area contributed by atoms with Crippen LogP contribution in [0, 0.1) is 0 Å². The van der Waals surface area contributed by atoms with Crippen LogP contribution in [-0.2, 0) is 4.79 Å². The van der Waals surface area contributed by atoms with Gasteiger partial charge in [0.15, 0.2) is 6.61 Å². The Hall–Kier alpha value is -1.07. The maximum Gasteiger partial charge on any atom is 0.258 e. The molecule has 0 unspecified atom stereocenters. The molecule has 0 saturated heterocycles. The largest absolute Gasteiger partial charge is 0.484 e. The monoisotopic (exact) mass is 354 g/mol. The van der Waals surface area contributed by atoms with Gasteiger partial charge in [0.1, 0.15) is 5.75 Å². The van der Waals surface area contributed by atoms with E-state index in [0.717, 1.165) is 17.3 Å². The Labute approximate surface area is 135 Å². The Bertz CT molecular complexity index is 485. The summed E-state index contributed by atoms with van der Waals surface area (Å²) in [6.45, 7) is 0.751. The summed E-state index contributed by atoms with van der Waals surface area (Å²) < 4.78 is 6.44. The van der Waals surface area contributed by atoms with Crippen LogP contribution in [-0.4, -0.2) is 43.6 Å². The zero-order valence-corrected chi connectivity index (χ0v) is 14.3. The van der Waals surface area contributed by atoms with Crippen molar-refractivity contribution in [2.45, 2.75) is 31.2 Å². The van der Waals surface area contributed by atoms with Crippen molar-refractivity contribution in [1.82, 2.24) is 10.2 Å². The average molecular weight is 355 g/mol. The molecule has 1 saturated carbocycles. The molecule has 1 fully saturated rings. The summed E-state index contributed by atoms with van der Waals surface area (Å²) in [5.74, 6) is 0.630. The molecule has 0 aromatic heterocycles. The highest BCUT2D eigenvalue weighted by Crippen LogP contribution is 2.33. The molecular weight excluding hydrogens is 332 g/mol. The first kappa shape index (κ1) is 16.3. The first-order valence-corrected chi connectivity index (χ1v) is 8.14. The Morgan fingerprint density at radius 2 is 2.10 bits per heavy atom. The Morgan fingerprint density at radius 3 is 2.71 bits per heavy atom. The molecule has 0 radical (unpaired) electrons. The zero-order chi connectivity index (χ0) is 15.3. The van der Waals surface area contributed by atoms with E-state index in [9.17, 15) is 4.79 Å². The third kappa shape index (κ3) is 4.45. The molecule has 0 spiro atoms. The number of carbonyl (C=O) groups excluding carboxylic acids is 1. The smallest absolute Gasteiger partial charge is 0.258 e. The van der Waals surface area contributed by atoms with Gasteiger partial charge in [-0.3, -0.25) is 4.79 Å². The van der Waals surface area contributed by atoms with Crippen molar-refractivity contribution in [3.63, 3.8) is 0 Å². The van der Waals surface area contributed by atoms with Crippen LogP contribution in [0.1, 0.15) is 25.7 Å². The van der Waals surface area contributed by atoms with Gasteiger partial charge in [-0.25, -0.2) is 0 Å². The topological polar surface area (TPSA) is 41.6 Å². The van der Waals surface area contributed by atoms with E-state index in [0.29, 0.717) is 12.3 Å². The van der Waals surface area contributed by atoms with Crippen LogP contribution in [0.25, 0.3) is 0 Å². The molecule has 21 heavy (non-hydrogen) atoms. The Kier molecular flexibility index (Phi) is 5.65. The van der Waals surface area contributed by atoms with Gasteiger partial charge in [-0.15, -0.1) is 0 Å². The molecule has 2 rings (SSSR count). The molecule has 0 aliphatic heterocycles. The first-order valence-electron chi connectivity index (χ1n) is 7.34. The van der Waals surface area contributed by atoms with Crippen molar-refractivity contribution < 1.29 is 9.53 Å². The van der Waals surface area contributed by atoms with Crippen LogP contribution < -0.4 is 10.1 Å². The molecule has 4 nitrogen and oxygen atoms in total.